The minimum Gasteiger partial charge on any atom is -0.493 e. The lowest BCUT2D eigenvalue weighted by atomic mass is 10.1. The van der Waals surface area contributed by atoms with E-state index in [9.17, 15) is 4.79 Å². The fraction of sp³-hybridized carbons (Fsp3) is 0.353. The van der Waals surface area contributed by atoms with Gasteiger partial charge in [0.25, 0.3) is 0 Å². The van der Waals surface area contributed by atoms with E-state index in [1.54, 1.807) is 19.2 Å². The number of methoxy groups -OCH3 is 2. The number of rotatable bonds is 8. The molecule has 2 N–H and O–H groups in total. The SMILES string of the molecule is COC(=O)c1ccc(COc2c(CCCN)cccc2OC)o1. The van der Waals surface area contributed by atoms with Crippen LogP contribution in [0.3, 0.4) is 0 Å². The van der Waals surface area contributed by atoms with Crippen molar-refractivity contribution < 1.29 is 23.4 Å². The average Bonchev–Trinajstić information content (AvgIpc) is 3.06. The molecule has 0 aliphatic carbocycles. The summed E-state index contributed by atoms with van der Waals surface area (Å²) in [4.78, 5) is 11.4. The Labute approximate surface area is 135 Å². The number of hydrogen-bond donors (Lipinski definition) is 1. The highest BCUT2D eigenvalue weighted by atomic mass is 16.5. The predicted octanol–water partition coefficient (Wildman–Crippen LogP) is 2.55. The van der Waals surface area contributed by atoms with Crippen LogP contribution in [0, 0.1) is 0 Å². The van der Waals surface area contributed by atoms with E-state index in [1.807, 2.05) is 18.2 Å². The number of hydrogen-bond acceptors (Lipinski definition) is 6. The fourth-order valence-corrected chi connectivity index (χ4v) is 2.18. The molecule has 2 aromatic rings. The van der Waals surface area contributed by atoms with Gasteiger partial charge in [-0.15, -0.1) is 0 Å². The Morgan fingerprint density at radius 3 is 2.74 bits per heavy atom. The summed E-state index contributed by atoms with van der Waals surface area (Å²) >= 11 is 0. The third-order valence-corrected chi connectivity index (χ3v) is 3.34. The molecule has 0 aliphatic heterocycles. The number of nitrogens with two attached hydrogens (primary N) is 1. The zero-order valence-corrected chi connectivity index (χ0v) is 13.3. The van der Waals surface area contributed by atoms with Crippen molar-refractivity contribution in [2.45, 2.75) is 19.4 Å². The predicted molar refractivity (Wildman–Crippen MR) is 84.7 cm³/mol. The first-order valence-corrected chi connectivity index (χ1v) is 7.35. The number of aryl methyl sites for hydroxylation is 1. The summed E-state index contributed by atoms with van der Waals surface area (Å²) in [6.07, 6.45) is 1.66. The van der Waals surface area contributed by atoms with Crippen molar-refractivity contribution in [3.05, 3.63) is 47.4 Å². The molecule has 124 valence electrons. The summed E-state index contributed by atoms with van der Waals surface area (Å²) in [7, 11) is 2.90. The summed E-state index contributed by atoms with van der Waals surface area (Å²) in [5.74, 6) is 1.48. The van der Waals surface area contributed by atoms with Crippen LogP contribution in [0.5, 0.6) is 11.5 Å². The van der Waals surface area contributed by atoms with E-state index in [4.69, 9.17) is 19.6 Å². The van der Waals surface area contributed by atoms with E-state index in [-0.39, 0.29) is 12.4 Å². The normalized spacial score (nSPS) is 10.4. The number of ether oxygens (including phenoxy) is 3. The van der Waals surface area contributed by atoms with Crippen LogP contribution in [0.2, 0.25) is 0 Å². The second kappa shape index (κ2) is 8.24. The first-order valence-electron chi connectivity index (χ1n) is 7.35. The van der Waals surface area contributed by atoms with E-state index in [1.165, 1.54) is 7.11 Å². The lowest BCUT2D eigenvalue weighted by Gasteiger charge is -2.14. The van der Waals surface area contributed by atoms with Crippen molar-refractivity contribution in [3.8, 4) is 11.5 Å². The van der Waals surface area contributed by atoms with Crippen LogP contribution >= 0.6 is 0 Å². The van der Waals surface area contributed by atoms with Crippen LogP contribution in [-0.4, -0.2) is 26.7 Å². The number of carbonyl (C=O) groups excluding carboxylic acids is 1. The molecule has 1 aromatic carbocycles. The van der Waals surface area contributed by atoms with Gasteiger partial charge in [-0.1, -0.05) is 12.1 Å². The van der Waals surface area contributed by atoms with Gasteiger partial charge in [0.15, 0.2) is 11.5 Å². The highest BCUT2D eigenvalue weighted by Crippen LogP contribution is 2.32. The van der Waals surface area contributed by atoms with Crippen LogP contribution in [0.4, 0.5) is 0 Å². The van der Waals surface area contributed by atoms with Gasteiger partial charge in [-0.05, 0) is 43.1 Å². The van der Waals surface area contributed by atoms with E-state index in [0.29, 0.717) is 23.8 Å². The topological polar surface area (TPSA) is 83.9 Å². The molecule has 6 heteroatoms. The van der Waals surface area contributed by atoms with Gasteiger partial charge < -0.3 is 24.4 Å². The van der Waals surface area contributed by atoms with Crippen molar-refractivity contribution in [3.63, 3.8) is 0 Å². The molecule has 1 aromatic heterocycles. The van der Waals surface area contributed by atoms with Crippen molar-refractivity contribution >= 4 is 5.97 Å². The van der Waals surface area contributed by atoms with Crippen LogP contribution in [0.15, 0.2) is 34.7 Å². The molecule has 0 saturated carbocycles. The first kappa shape index (κ1) is 16.9. The van der Waals surface area contributed by atoms with Gasteiger partial charge in [0.2, 0.25) is 5.76 Å². The molecule has 6 nitrogen and oxygen atoms in total. The first-order chi connectivity index (χ1) is 11.2. The summed E-state index contributed by atoms with van der Waals surface area (Å²) < 4.78 is 21.2. The number of para-hydroxylation sites is 1. The molecule has 0 bridgehead atoms. The number of esters is 1. The van der Waals surface area contributed by atoms with Crippen molar-refractivity contribution in [2.75, 3.05) is 20.8 Å². The zero-order chi connectivity index (χ0) is 16.7. The van der Waals surface area contributed by atoms with Crippen LogP contribution in [0.25, 0.3) is 0 Å². The average molecular weight is 319 g/mol. The van der Waals surface area contributed by atoms with Gasteiger partial charge in [-0.3, -0.25) is 0 Å². The molecule has 0 unspecified atom stereocenters. The lowest BCUT2D eigenvalue weighted by molar-refractivity contribution is 0.0561. The van der Waals surface area contributed by atoms with E-state index >= 15 is 0 Å². The Bertz CT molecular complexity index is 650. The van der Waals surface area contributed by atoms with Crippen LogP contribution < -0.4 is 15.2 Å². The maximum atomic E-state index is 11.4. The molecule has 0 spiro atoms. The van der Waals surface area contributed by atoms with Gasteiger partial charge in [-0.2, -0.15) is 0 Å². The maximum Gasteiger partial charge on any atom is 0.373 e. The number of furan rings is 1. The maximum absolute atomic E-state index is 11.4. The summed E-state index contributed by atoms with van der Waals surface area (Å²) in [6, 6.07) is 8.97. The molecule has 0 amide bonds. The molecular formula is C17H21NO5. The molecule has 2 rings (SSSR count). The van der Waals surface area contributed by atoms with Crippen LogP contribution in [0.1, 0.15) is 28.3 Å². The Balaban J connectivity index is 2.12. The van der Waals surface area contributed by atoms with Gasteiger partial charge in [0, 0.05) is 0 Å². The smallest absolute Gasteiger partial charge is 0.373 e. The van der Waals surface area contributed by atoms with Crippen molar-refractivity contribution in [1.29, 1.82) is 0 Å². The third-order valence-electron chi connectivity index (χ3n) is 3.34. The van der Waals surface area contributed by atoms with Gasteiger partial charge in [0.05, 0.1) is 14.2 Å². The molecule has 0 radical (unpaired) electrons. The fourth-order valence-electron chi connectivity index (χ4n) is 2.18. The van der Waals surface area contributed by atoms with E-state index in [0.717, 1.165) is 18.4 Å². The van der Waals surface area contributed by atoms with E-state index in [2.05, 4.69) is 4.74 Å². The monoisotopic (exact) mass is 319 g/mol. The Kier molecular flexibility index (Phi) is 6.05. The standard InChI is InChI=1S/C17H21NO5/c1-20-14-7-3-5-12(6-4-10-18)16(14)22-11-13-8-9-15(23-13)17(19)21-2/h3,5,7-9H,4,6,10-11,18H2,1-2H3. The summed E-state index contributed by atoms with van der Waals surface area (Å²) in [5, 5.41) is 0. The largest absolute Gasteiger partial charge is 0.493 e. The Morgan fingerprint density at radius 1 is 1.22 bits per heavy atom. The summed E-state index contributed by atoms with van der Waals surface area (Å²) in [6.45, 7) is 0.796. The van der Waals surface area contributed by atoms with Crippen molar-refractivity contribution in [1.82, 2.24) is 0 Å². The Morgan fingerprint density at radius 2 is 2.04 bits per heavy atom. The number of benzene rings is 1. The quantitative estimate of drug-likeness (QED) is 0.753. The number of carbonyl (C=O) groups is 1. The highest BCUT2D eigenvalue weighted by Gasteiger charge is 2.14. The van der Waals surface area contributed by atoms with Crippen molar-refractivity contribution in [2.24, 2.45) is 5.73 Å². The lowest BCUT2D eigenvalue weighted by Crippen LogP contribution is -2.04. The Hall–Kier alpha value is -2.47. The third kappa shape index (κ3) is 4.26. The van der Waals surface area contributed by atoms with Crippen LogP contribution in [-0.2, 0) is 17.8 Å². The second-order valence-corrected chi connectivity index (χ2v) is 4.89. The van der Waals surface area contributed by atoms with Gasteiger partial charge >= 0.3 is 5.97 Å². The second-order valence-electron chi connectivity index (χ2n) is 4.89. The molecule has 0 fully saturated rings. The molecule has 23 heavy (non-hydrogen) atoms. The molecule has 0 aliphatic rings. The molecular weight excluding hydrogens is 298 g/mol. The minimum absolute atomic E-state index is 0.148. The highest BCUT2D eigenvalue weighted by molar-refractivity contribution is 5.86. The minimum atomic E-state index is -0.517. The molecule has 0 atom stereocenters. The van der Waals surface area contributed by atoms with Gasteiger partial charge in [-0.25, -0.2) is 4.79 Å². The summed E-state index contributed by atoms with van der Waals surface area (Å²) in [5.41, 5.74) is 6.60. The van der Waals surface area contributed by atoms with E-state index < -0.39 is 5.97 Å². The molecule has 1 heterocycles. The molecule has 0 saturated heterocycles. The van der Waals surface area contributed by atoms with Gasteiger partial charge in [0.1, 0.15) is 12.4 Å². The zero-order valence-electron chi connectivity index (χ0n) is 13.3.